The quantitative estimate of drug-likeness (QED) is 0.376. The fourth-order valence-electron chi connectivity index (χ4n) is 3.77. The summed E-state index contributed by atoms with van der Waals surface area (Å²) >= 11 is 0. The number of aliphatic carboxylic acids is 1. The maximum absolute atomic E-state index is 12.9. The molecule has 1 aliphatic rings. The molecular formula is C27H31NO8. The summed E-state index contributed by atoms with van der Waals surface area (Å²) in [5, 5.41) is 12.1. The highest BCUT2D eigenvalue weighted by molar-refractivity contribution is 5.98. The lowest BCUT2D eigenvalue weighted by Gasteiger charge is -2.22. The summed E-state index contributed by atoms with van der Waals surface area (Å²) in [7, 11) is 0. The first-order valence-corrected chi connectivity index (χ1v) is 11.7. The number of ketones is 1. The molecule has 9 heteroatoms. The van der Waals surface area contributed by atoms with E-state index in [-0.39, 0.29) is 36.9 Å². The molecule has 1 unspecified atom stereocenters. The summed E-state index contributed by atoms with van der Waals surface area (Å²) in [6, 6.07) is 12.7. The van der Waals surface area contributed by atoms with E-state index >= 15 is 0 Å². The first-order valence-electron chi connectivity index (χ1n) is 11.7. The highest BCUT2D eigenvalue weighted by atomic mass is 16.6. The molecule has 0 bridgehead atoms. The molecule has 0 amide bonds. The first kappa shape index (κ1) is 27.0. The van der Waals surface area contributed by atoms with Crippen molar-refractivity contribution < 1.29 is 38.5 Å². The Morgan fingerprint density at radius 1 is 1.03 bits per heavy atom. The minimum Gasteiger partial charge on any atom is -0.480 e. The Hall–Kier alpha value is -3.56. The van der Waals surface area contributed by atoms with E-state index in [2.05, 4.69) is 5.32 Å². The number of ether oxygens (including phenoxy) is 3. The maximum atomic E-state index is 12.9. The summed E-state index contributed by atoms with van der Waals surface area (Å²) in [6.45, 7) is 5.18. The number of hydrogen-bond acceptors (Lipinski definition) is 8. The molecule has 0 aliphatic carbocycles. The van der Waals surface area contributed by atoms with Crippen LogP contribution in [0.3, 0.4) is 0 Å². The van der Waals surface area contributed by atoms with Gasteiger partial charge in [-0.15, -0.1) is 0 Å². The van der Waals surface area contributed by atoms with E-state index in [9.17, 15) is 24.3 Å². The molecule has 2 N–H and O–H groups in total. The lowest BCUT2D eigenvalue weighted by Crippen LogP contribution is -2.29. The molecule has 3 rings (SSSR count). The fraction of sp³-hybridized carbons (Fsp3) is 0.407. The van der Waals surface area contributed by atoms with Crippen LogP contribution in [-0.4, -0.2) is 59.7 Å². The molecule has 0 spiro atoms. The van der Waals surface area contributed by atoms with E-state index in [0.717, 1.165) is 0 Å². The van der Waals surface area contributed by atoms with Crippen molar-refractivity contribution in [2.24, 2.45) is 0 Å². The van der Waals surface area contributed by atoms with Gasteiger partial charge in [0.1, 0.15) is 11.6 Å². The number of carboxylic acid groups (broad SMARTS) is 1. The zero-order chi connectivity index (χ0) is 26.3. The van der Waals surface area contributed by atoms with E-state index in [1.807, 2.05) is 0 Å². The maximum Gasteiger partial charge on any atom is 0.339 e. The van der Waals surface area contributed by atoms with E-state index in [0.29, 0.717) is 23.2 Å². The zero-order valence-corrected chi connectivity index (χ0v) is 20.6. The molecule has 1 saturated heterocycles. The molecule has 192 valence electrons. The Morgan fingerprint density at radius 3 is 2.39 bits per heavy atom. The minimum atomic E-state index is -0.955. The second-order valence-electron chi connectivity index (χ2n) is 9.54. The van der Waals surface area contributed by atoms with Crippen molar-refractivity contribution >= 4 is 23.7 Å². The fourth-order valence-corrected chi connectivity index (χ4v) is 3.77. The second kappa shape index (κ2) is 11.9. The van der Waals surface area contributed by atoms with Crippen LogP contribution in [0.2, 0.25) is 0 Å². The number of Topliss-reactive ketones (excluding diaryl/α,β-unsaturated/α-hetero) is 1. The second-order valence-corrected chi connectivity index (χ2v) is 9.54. The highest BCUT2D eigenvalue weighted by Crippen LogP contribution is 2.23. The number of carbonyl (C=O) groups is 4. The van der Waals surface area contributed by atoms with Gasteiger partial charge in [-0.05, 0) is 38.0 Å². The molecule has 1 aliphatic heterocycles. The third kappa shape index (κ3) is 7.73. The van der Waals surface area contributed by atoms with Crippen LogP contribution in [0, 0.1) is 0 Å². The lowest BCUT2D eigenvalue weighted by atomic mass is 9.98. The predicted molar refractivity (Wildman–Crippen MR) is 130 cm³/mol. The largest absolute Gasteiger partial charge is 0.480 e. The van der Waals surface area contributed by atoms with Crippen LogP contribution in [0.5, 0.6) is 0 Å². The minimum absolute atomic E-state index is 0.0281. The molecule has 0 aromatic heterocycles. The third-order valence-corrected chi connectivity index (χ3v) is 5.54. The van der Waals surface area contributed by atoms with E-state index in [1.165, 1.54) is 0 Å². The van der Waals surface area contributed by atoms with Crippen LogP contribution in [0.4, 0.5) is 0 Å². The Balaban J connectivity index is 1.74. The Kier molecular flexibility index (Phi) is 8.95. The van der Waals surface area contributed by atoms with Crippen LogP contribution in [-0.2, 0) is 36.8 Å². The molecule has 9 nitrogen and oxygen atoms in total. The molecule has 1 fully saturated rings. The standard InChI is InChI=1S/C27H31NO8/c1-27(2,3)36-26(33)20-11-7-10-18(21(20)15-34-19-13-22(25(31)32)28-14-19)12-24(30)35-16-23(29)17-8-5-4-6-9-17/h4-11,19,22,28H,12-16H2,1-3H3,(H,31,32)/t19?,22-/m0/s1. The average Bonchev–Trinajstić information content (AvgIpc) is 3.30. The zero-order valence-electron chi connectivity index (χ0n) is 20.6. The summed E-state index contributed by atoms with van der Waals surface area (Å²) in [4.78, 5) is 49.0. The van der Waals surface area contributed by atoms with Gasteiger partial charge < -0.3 is 24.6 Å². The molecule has 1 heterocycles. The summed E-state index contributed by atoms with van der Waals surface area (Å²) in [5.74, 6) is -2.47. The van der Waals surface area contributed by atoms with Crippen molar-refractivity contribution in [2.45, 2.75) is 58.0 Å². The molecule has 2 aromatic carbocycles. The van der Waals surface area contributed by atoms with E-state index in [1.54, 1.807) is 69.3 Å². The number of nitrogens with one attached hydrogen (secondary N) is 1. The van der Waals surface area contributed by atoms with Crippen LogP contribution in [0.15, 0.2) is 48.5 Å². The van der Waals surface area contributed by atoms with Gasteiger partial charge in [0.2, 0.25) is 0 Å². The molecule has 0 saturated carbocycles. The number of benzene rings is 2. The van der Waals surface area contributed by atoms with Crippen LogP contribution in [0.25, 0.3) is 0 Å². The van der Waals surface area contributed by atoms with E-state index in [4.69, 9.17) is 14.2 Å². The van der Waals surface area contributed by atoms with Gasteiger partial charge in [0.05, 0.1) is 24.7 Å². The van der Waals surface area contributed by atoms with Crippen molar-refractivity contribution in [3.8, 4) is 0 Å². The summed E-state index contributed by atoms with van der Waals surface area (Å²) in [5.41, 5.74) is 0.909. The Bertz CT molecular complexity index is 1110. The molecular weight excluding hydrogens is 466 g/mol. The molecule has 2 atom stereocenters. The number of carboxylic acids is 1. The van der Waals surface area contributed by atoms with Gasteiger partial charge in [0, 0.05) is 18.5 Å². The normalized spacial score (nSPS) is 17.4. The van der Waals surface area contributed by atoms with E-state index < -0.39 is 36.2 Å². The number of esters is 2. The first-order chi connectivity index (χ1) is 17.0. The predicted octanol–water partition coefficient (Wildman–Crippen LogP) is 2.94. The van der Waals surface area contributed by atoms with Gasteiger partial charge in [0.25, 0.3) is 0 Å². The van der Waals surface area contributed by atoms with Gasteiger partial charge in [-0.3, -0.25) is 14.4 Å². The SMILES string of the molecule is CC(C)(C)OC(=O)c1cccc(CC(=O)OCC(=O)c2ccccc2)c1COC1CN[C@H](C(=O)O)C1. The number of hydrogen-bond donors (Lipinski definition) is 2. The van der Waals surface area contributed by atoms with Crippen molar-refractivity contribution in [2.75, 3.05) is 13.2 Å². The van der Waals surface area contributed by atoms with Crippen molar-refractivity contribution in [1.29, 1.82) is 0 Å². The molecule has 2 aromatic rings. The van der Waals surface area contributed by atoms with Gasteiger partial charge >= 0.3 is 17.9 Å². The highest BCUT2D eigenvalue weighted by Gasteiger charge is 2.30. The van der Waals surface area contributed by atoms with Crippen LogP contribution < -0.4 is 5.32 Å². The lowest BCUT2D eigenvalue weighted by molar-refractivity contribution is -0.142. The monoisotopic (exact) mass is 497 g/mol. The number of rotatable bonds is 10. The Morgan fingerprint density at radius 2 is 1.75 bits per heavy atom. The smallest absolute Gasteiger partial charge is 0.339 e. The Labute approximate surface area is 209 Å². The van der Waals surface area contributed by atoms with Gasteiger partial charge in [-0.25, -0.2) is 4.79 Å². The molecule has 0 radical (unpaired) electrons. The van der Waals surface area contributed by atoms with Gasteiger partial charge in [0.15, 0.2) is 12.4 Å². The van der Waals surface area contributed by atoms with Gasteiger partial charge in [-0.1, -0.05) is 42.5 Å². The number of carbonyl (C=O) groups excluding carboxylic acids is 3. The topological polar surface area (TPSA) is 128 Å². The summed E-state index contributed by atoms with van der Waals surface area (Å²) in [6.07, 6.45) is -0.276. The van der Waals surface area contributed by atoms with Gasteiger partial charge in [-0.2, -0.15) is 0 Å². The third-order valence-electron chi connectivity index (χ3n) is 5.54. The summed E-state index contributed by atoms with van der Waals surface area (Å²) < 4.78 is 16.7. The van der Waals surface area contributed by atoms with Crippen molar-refractivity contribution in [3.05, 3.63) is 70.8 Å². The van der Waals surface area contributed by atoms with Crippen LogP contribution in [0.1, 0.15) is 59.0 Å². The molecule has 36 heavy (non-hydrogen) atoms. The van der Waals surface area contributed by atoms with Crippen molar-refractivity contribution in [1.82, 2.24) is 5.32 Å². The average molecular weight is 498 g/mol. The van der Waals surface area contributed by atoms with Crippen molar-refractivity contribution in [3.63, 3.8) is 0 Å². The van der Waals surface area contributed by atoms with Crippen LogP contribution >= 0.6 is 0 Å².